The fraction of sp³-hybridized carbons (Fsp3) is 0.600. The van der Waals surface area contributed by atoms with E-state index in [9.17, 15) is 9.59 Å². The summed E-state index contributed by atoms with van der Waals surface area (Å²) < 4.78 is 0. The number of fused-ring (bicyclic) bond motifs is 1. The number of anilines is 2. The molecule has 128 valence electrons. The van der Waals surface area contributed by atoms with Crippen LogP contribution in [0.3, 0.4) is 0 Å². The molecule has 1 aliphatic heterocycles. The third-order valence-electron chi connectivity index (χ3n) is 5.96. The number of carbonyl (C=O) groups excluding carboxylic acids is 2. The van der Waals surface area contributed by atoms with Gasteiger partial charge in [0, 0.05) is 29.8 Å². The van der Waals surface area contributed by atoms with Gasteiger partial charge in [-0.2, -0.15) is 0 Å². The van der Waals surface area contributed by atoms with Crippen LogP contribution < -0.4 is 10.2 Å². The van der Waals surface area contributed by atoms with Crippen molar-refractivity contribution in [2.75, 3.05) is 16.8 Å². The second-order valence-corrected chi connectivity index (χ2v) is 7.68. The summed E-state index contributed by atoms with van der Waals surface area (Å²) in [5.41, 5.74) is 3.03. The van der Waals surface area contributed by atoms with Gasteiger partial charge in [0.15, 0.2) is 0 Å². The zero-order valence-electron chi connectivity index (χ0n) is 14.4. The lowest BCUT2D eigenvalue weighted by atomic mass is 9.92. The molecule has 1 heterocycles. The molecule has 1 unspecified atom stereocenters. The number of hydrogen-bond donors (Lipinski definition) is 1. The van der Waals surface area contributed by atoms with E-state index in [0.717, 1.165) is 37.2 Å². The highest BCUT2D eigenvalue weighted by atomic mass is 16.2. The van der Waals surface area contributed by atoms with E-state index in [-0.39, 0.29) is 23.7 Å². The SMILES string of the molecule is CC(C(=O)Nc1ccc2c(c1)N(C(=O)C1CC1)CC2)C1CCCC1. The summed E-state index contributed by atoms with van der Waals surface area (Å²) in [5, 5.41) is 3.08. The van der Waals surface area contributed by atoms with E-state index in [1.165, 1.54) is 31.2 Å². The molecule has 1 atom stereocenters. The molecule has 2 amide bonds. The fourth-order valence-corrected chi connectivity index (χ4v) is 4.16. The predicted octanol–water partition coefficient (Wildman–Crippen LogP) is 3.75. The van der Waals surface area contributed by atoms with E-state index in [2.05, 4.69) is 11.4 Å². The van der Waals surface area contributed by atoms with Gasteiger partial charge in [-0.3, -0.25) is 9.59 Å². The Labute approximate surface area is 143 Å². The highest BCUT2D eigenvalue weighted by Crippen LogP contribution is 2.38. The number of rotatable bonds is 4. The Bertz CT molecular complexity index is 660. The maximum Gasteiger partial charge on any atom is 0.230 e. The van der Waals surface area contributed by atoms with Crippen LogP contribution >= 0.6 is 0 Å². The molecule has 2 fully saturated rings. The van der Waals surface area contributed by atoms with Gasteiger partial charge in [-0.05, 0) is 55.7 Å². The Morgan fingerprint density at radius 1 is 1.17 bits per heavy atom. The number of amides is 2. The van der Waals surface area contributed by atoms with Gasteiger partial charge in [0.1, 0.15) is 0 Å². The Hall–Kier alpha value is -1.84. The number of carbonyl (C=O) groups is 2. The third kappa shape index (κ3) is 2.94. The smallest absolute Gasteiger partial charge is 0.230 e. The Balaban J connectivity index is 1.47. The monoisotopic (exact) mass is 326 g/mol. The third-order valence-corrected chi connectivity index (χ3v) is 5.96. The summed E-state index contributed by atoms with van der Waals surface area (Å²) >= 11 is 0. The Morgan fingerprint density at radius 3 is 2.62 bits per heavy atom. The maximum absolute atomic E-state index is 12.5. The molecule has 24 heavy (non-hydrogen) atoms. The number of nitrogens with one attached hydrogen (secondary N) is 1. The van der Waals surface area contributed by atoms with Crippen molar-refractivity contribution in [1.82, 2.24) is 0 Å². The van der Waals surface area contributed by atoms with Crippen molar-refractivity contribution in [3.8, 4) is 0 Å². The largest absolute Gasteiger partial charge is 0.326 e. The van der Waals surface area contributed by atoms with Gasteiger partial charge in [-0.1, -0.05) is 25.8 Å². The minimum Gasteiger partial charge on any atom is -0.326 e. The lowest BCUT2D eigenvalue weighted by Crippen LogP contribution is -2.30. The number of benzene rings is 1. The zero-order valence-corrected chi connectivity index (χ0v) is 14.4. The Kier molecular flexibility index (Phi) is 4.07. The molecular weight excluding hydrogens is 300 g/mol. The first-order valence-electron chi connectivity index (χ1n) is 9.38. The minimum absolute atomic E-state index is 0.0601. The topological polar surface area (TPSA) is 49.4 Å². The molecule has 0 bridgehead atoms. The van der Waals surface area contributed by atoms with Gasteiger partial charge in [-0.15, -0.1) is 0 Å². The number of nitrogens with zero attached hydrogens (tertiary/aromatic N) is 1. The Morgan fingerprint density at radius 2 is 1.92 bits per heavy atom. The van der Waals surface area contributed by atoms with Crippen molar-refractivity contribution < 1.29 is 9.59 Å². The first-order valence-corrected chi connectivity index (χ1v) is 9.38. The molecule has 4 nitrogen and oxygen atoms in total. The molecule has 1 N–H and O–H groups in total. The summed E-state index contributed by atoms with van der Waals surface area (Å²) in [7, 11) is 0. The second-order valence-electron chi connectivity index (χ2n) is 7.68. The minimum atomic E-state index is 0.0601. The zero-order chi connectivity index (χ0) is 16.7. The first kappa shape index (κ1) is 15.7. The highest BCUT2D eigenvalue weighted by molar-refractivity contribution is 6.00. The second kappa shape index (κ2) is 6.23. The van der Waals surface area contributed by atoms with Gasteiger partial charge in [0.2, 0.25) is 11.8 Å². The standard InChI is InChI=1S/C20H26N2O2/c1-13(14-4-2-3-5-14)19(23)21-17-9-8-15-10-11-22(18(15)12-17)20(24)16-6-7-16/h8-9,12-14,16H,2-7,10-11H2,1H3,(H,21,23). The fourth-order valence-electron chi connectivity index (χ4n) is 4.16. The molecule has 2 aliphatic carbocycles. The summed E-state index contributed by atoms with van der Waals surface area (Å²) in [6.45, 7) is 2.82. The van der Waals surface area contributed by atoms with Crippen molar-refractivity contribution in [2.24, 2.45) is 17.8 Å². The summed E-state index contributed by atoms with van der Waals surface area (Å²) in [5.74, 6) is 1.19. The maximum atomic E-state index is 12.5. The van der Waals surface area contributed by atoms with Crippen molar-refractivity contribution >= 4 is 23.2 Å². The van der Waals surface area contributed by atoms with E-state index in [1.807, 2.05) is 24.0 Å². The summed E-state index contributed by atoms with van der Waals surface area (Å²) in [6, 6.07) is 6.02. The van der Waals surface area contributed by atoms with E-state index in [1.54, 1.807) is 0 Å². The van der Waals surface area contributed by atoms with Gasteiger partial charge in [0.25, 0.3) is 0 Å². The normalized spacial score (nSPS) is 21.6. The molecule has 4 rings (SSSR count). The molecule has 0 radical (unpaired) electrons. The highest BCUT2D eigenvalue weighted by Gasteiger charge is 2.36. The first-order chi connectivity index (χ1) is 11.6. The van der Waals surface area contributed by atoms with Crippen molar-refractivity contribution in [1.29, 1.82) is 0 Å². The van der Waals surface area contributed by atoms with E-state index in [4.69, 9.17) is 0 Å². The van der Waals surface area contributed by atoms with E-state index in [0.29, 0.717) is 5.92 Å². The molecule has 4 heteroatoms. The van der Waals surface area contributed by atoms with Crippen LogP contribution in [0.5, 0.6) is 0 Å². The van der Waals surface area contributed by atoms with Gasteiger partial charge in [0.05, 0.1) is 0 Å². The van der Waals surface area contributed by atoms with Crippen LogP contribution in [0.4, 0.5) is 11.4 Å². The van der Waals surface area contributed by atoms with Gasteiger partial charge < -0.3 is 10.2 Å². The van der Waals surface area contributed by atoms with Crippen LogP contribution in [0.1, 0.15) is 51.0 Å². The van der Waals surface area contributed by atoms with Crippen LogP contribution in [0.25, 0.3) is 0 Å². The lowest BCUT2D eigenvalue weighted by molar-refractivity contribution is -0.121. The van der Waals surface area contributed by atoms with Crippen LogP contribution in [-0.4, -0.2) is 18.4 Å². The van der Waals surface area contributed by atoms with Crippen LogP contribution in [0.2, 0.25) is 0 Å². The van der Waals surface area contributed by atoms with Crippen LogP contribution in [-0.2, 0) is 16.0 Å². The van der Waals surface area contributed by atoms with Crippen molar-refractivity contribution in [2.45, 2.75) is 51.9 Å². The van der Waals surface area contributed by atoms with Gasteiger partial charge >= 0.3 is 0 Å². The molecule has 2 saturated carbocycles. The molecule has 1 aromatic carbocycles. The molecule has 0 aromatic heterocycles. The van der Waals surface area contributed by atoms with Crippen LogP contribution in [0.15, 0.2) is 18.2 Å². The predicted molar refractivity (Wildman–Crippen MR) is 95.0 cm³/mol. The van der Waals surface area contributed by atoms with Gasteiger partial charge in [-0.25, -0.2) is 0 Å². The van der Waals surface area contributed by atoms with E-state index >= 15 is 0 Å². The quantitative estimate of drug-likeness (QED) is 0.916. The van der Waals surface area contributed by atoms with Crippen LogP contribution in [0, 0.1) is 17.8 Å². The molecule has 0 spiro atoms. The number of hydrogen-bond acceptors (Lipinski definition) is 2. The molecular formula is C20H26N2O2. The average molecular weight is 326 g/mol. The lowest BCUT2D eigenvalue weighted by Gasteiger charge is -2.20. The molecule has 0 saturated heterocycles. The average Bonchev–Trinajstić information content (AvgIpc) is 3.13. The molecule has 1 aromatic rings. The van der Waals surface area contributed by atoms with Crippen molar-refractivity contribution in [3.63, 3.8) is 0 Å². The summed E-state index contributed by atoms with van der Waals surface area (Å²) in [6.07, 6.45) is 7.81. The molecule has 3 aliphatic rings. The van der Waals surface area contributed by atoms with Crippen molar-refractivity contribution in [3.05, 3.63) is 23.8 Å². The van der Waals surface area contributed by atoms with E-state index < -0.39 is 0 Å². The summed E-state index contributed by atoms with van der Waals surface area (Å²) in [4.78, 5) is 26.9.